The number of ether oxygens (including phenoxy) is 3. The Bertz CT molecular complexity index is 1390. The number of amides is 1. The zero-order valence-corrected chi connectivity index (χ0v) is 24.1. The topological polar surface area (TPSA) is 97.3 Å². The van der Waals surface area contributed by atoms with Crippen LogP contribution in [0.25, 0.3) is 0 Å². The molecule has 8 nitrogen and oxygen atoms in total. The minimum Gasteiger partial charge on any atom is -0.497 e. The summed E-state index contributed by atoms with van der Waals surface area (Å²) >= 11 is 0. The second kappa shape index (κ2) is 12.2. The quantitative estimate of drug-likeness (QED) is 0.364. The molecule has 0 unspecified atom stereocenters. The van der Waals surface area contributed by atoms with Gasteiger partial charge in [-0.15, -0.1) is 0 Å². The number of rotatable bonds is 9. The number of likely N-dealkylation sites (tertiary alicyclic amines) is 1. The first-order valence-electron chi connectivity index (χ1n) is 14.3. The van der Waals surface area contributed by atoms with E-state index in [1.807, 2.05) is 47.4 Å². The summed E-state index contributed by atoms with van der Waals surface area (Å²) in [6.07, 6.45) is 1.60. The van der Waals surface area contributed by atoms with E-state index in [4.69, 9.17) is 14.2 Å². The van der Waals surface area contributed by atoms with Gasteiger partial charge in [0.15, 0.2) is 11.5 Å². The third kappa shape index (κ3) is 5.88. The average Bonchev–Trinajstić information content (AvgIpc) is 3.36. The Hall–Kier alpha value is -4.04. The number of hydrogen-bond donors (Lipinski definition) is 2. The van der Waals surface area contributed by atoms with Gasteiger partial charge in [-0.1, -0.05) is 49.7 Å². The summed E-state index contributed by atoms with van der Waals surface area (Å²) in [6.45, 7) is 7.62. The fourth-order valence-electron chi connectivity index (χ4n) is 6.24. The van der Waals surface area contributed by atoms with E-state index in [-0.39, 0.29) is 18.4 Å². The van der Waals surface area contributed by atoms with Gasteiger partial charge in [0.05, 0.1) is 19.6 Å². The Morgan fingerprint density at radius 2 is 1.59 bits per heavy atom. The number of benzene rings is 3. The zero-order chi connectivity index (χ0) is 29.1. The van der Waals surface area contributed by atoms with Gasteiger partial charge >= 0.3 is 5.97 Å². The largest absolute Gasteiger partial charge is 0.497 e. The van der Waals surface area contributed by atoms with Gasteiger partial charge in [-0.05, 0) is 66.3 Å². The third-order valence-corrected chi connectivity index (χ3v) is 8.15. The van der Waals surface area contributed by atoms with Gasteiger partial charge in [-0.3, -0.25) is 14.5 Å². The van der Waals surface area contributed by atoms with Crippen LogP contribution < -0.4 is 19.5 Å². The maximum absolute atomic E-state index is 13.6. The number of nitrogens with zero attached hydrogens (tertiary/aromatic N) is 1. The first-order chi connectivity index (χ1) is 19.8. The molecular weight excluding hydrogens is 520 g/mol. The van der Waals surface area contributed by atoms with Gasteiger partial charge in [0.1, 0.15) is 19.0 Å². The minimum absolute atomic E-state index is 0.0573. The number of carboxylic acids is 1. The van der Waals surface area contributed by atoms with Crippen LogP contribution in [-0.2, 0) is 22.4 Å². The molecule has 1 amide bonds. The van der Waals surface area contributed by atoms with Crippen molar-refractivity contribution in [2.45, 2.75) is 45.6 Å². The van der Waals surface area contributed by atoms with Crippen molar-refractivity contribution in [3.05, 3.63) is 82.4 Å². The monoisotopic (exact) mass is 558 g/mol. The molecular formula is C33H38N2O6. The van der Waals surface area contributed by atoms with Crippen LogP contribution in [0.3, 0.4) is 0 Å². The van der Waals surface area contributed by atoms with Crippen LogP contribution in [0, 0.1) is 12.8 Å². The number of aliphatic carboxylic acids is 1. The van der Waals surface area contributed by atoms with Crippen LogP contribution in [-0.4, -0.2) is 55.3 Å². The van der Waals surface area contributed by atoms with E-state index < -0.39 is 17.9 Å². The lowest BCUT2D eigenvalue weighted by Crippen LogP contribution is -2.35. The second-order valence-electron chi connectivity index (χ2n) is 10.7. The van der Waals surface area contributed by atoms with Crippen molar-refractivity contribution in [2.75, 3.05) is 38.7 Å². The highest BCUT2D eigenvalue weighted by molar-refractivity contribution is 5.94. The summed E-state index contributed by atoms with van der Waals surface area (Å²) in [5, 5.41) is 13.7. The molecule has 3 atom stereocenters. The molecule has 0 aliphatic carbocycles. The summed E-state index contributed by atoms with van der Waals surface area (Å²) in [7, 11) is 1.60. The molecule has 0 spiro atoms. The highest BCUT2D eigenvalue weighted by Gasteiger charge is 2.48. The molecule has 2 aliphatic heterocycles. The lowest BCUT2D eigenvalue weighted by atomic mass is 9.82. The molecule has 0 radical (unpaired) electrons. The van der Waals surface area contributed by atoms with Crippen molar-refractivity contribution in [1.29, 1.82) is 0 Å². The predicted octanol–water partition coefficient (Wildman–Crippen LogP) is 5.38. The highest BCUT2D eigenvalue weighted by atomic mass is 16.6. The van der Waals surface area contributed by atoms with Crippen molar-refractivity contribution in [2.24, 2.45) is 5.92 Å². The molecule has 0 aromatic heterocycles. The molecule has 0 saturated carbocycles. The summed E-state index contributed by atoms with van der Waals surface area (Å²) < 4.78 is 16.8. The van der Waals surface area contributed by atoms with E-state index >= 15 is 0 Å². The number of nitrogens with one attached hydrogen (secondary N) is 1. The molecule has 216 valence electrons. The van der Waals surface area contributed by atoms with Crippen molar-refractivity contribution in [1.82, 2.24) is 4.90 Å². The molecule has 1 fully saturated rings. The van der Waals surface area contributed by atoms with Gasteiger partial charge in [0, 0.05) is 24.2 Å². The lowest BCUT2D eigenvalue weighted by Gasteiger charge is -2.27. The standard InChI is InChI=1S/C33H38N2O6/c1-5-21-15-20(3)16-22(6-2)31(21)34-29(36)19-35-18-26(24-9-12-27-28(17-24)41-14-13-40-27)30(33(37)38)32(35)23-7-10-25(39-4)11-8-23/h7-12,15-17,26,30,32H,5-6,13-14,18-19H2,1-4H3,(H,34,36)(H,37,38)/t26-,30-,32+/m1/s1. The molecule has 1 saturated heterocycles. The maximum atomic E-state index is 13.6. The van der Waals surface area contributed by atoms with E-state index in [0.29, 0.717) is 37.0 Å². The number of anilines is 1. The summed E-state index contributed by atoms with van der Waals surface area (Å²) in [6, 6.07) is 16.8. The van der Waals surface area contributed by atoms with E-state index in [9.17, 15) is 14.7 Å². The number of carbonyl (C=O) groups is 2. The van der Waals surface area contributed by atoms with Crippen LogP contribution in [0.2, 0.25) is 0 Å². The fourth-order valence-corrected chi connectivity index (χ4v) is 6.24. The van der Waals surface area contributed by atoms with E-state index in [0.717, 1.165) is 40.8 Å². The Morgan fingerprint density at radius 1 is 0.951 bits per heavy atom. The lowest BCUT2D eigenvalue weighted by molar-refractivity contribution is -0.143. The minimum atomic E-state index is -0.909. The molecule has 3 aromatic carbocycles. The van der Waals surface area contributed by atoms with Crippen LogP contribution in [0.1, 0.15) is 53.6 Å². The first kappa shape index (κ1) is 28.5. The summed E-state index contributed by atoms with van der Waals surface area (Å²) in [5.74, 6) is -0.254. The van der Waals surface area contributed by atoms with Gasteiger partial charge in [0.25, 0.3) is 0 Å². The van der Waals surface area contributed by atoms with E-state index in [1.54, 1.807) is 7.11 Å². The van der Waals surface area contributed by atoms with Gasteiger partial charge < -0.3 is 24.6 Å². The Morgan fingerprint density at radius 3 is 2.20 bits per heavy atom. The normalized spacial score (nSPS) is 20.0. The second-order valence-corrected chi connectivity index (χ2v) is 10.7. The molecule has 2 N–H and O–H groups in total. The summed E-state index contributed by atoms with van der Waals surface area (Å²) in [4.78, 5) is 28.5. The number of carbonyl (C=O) groups excluding carboxylic acids is 1. The Balaban J connectivity index is 1.49. The van der Waals surface area contributed by atoms with Crippen molar-refractivity contribution >= 4 is 17.6 Å². The van der Waals surface area contributed by atoms with Gasteiger partial charge in [-0.2, -0.15) is 0 Å². The van der Waals surface area contributed by atoms with Crippen LogP contribution in [0.4, 0.5) is 5.69 Å². The first-order valence-corrected chi connectivity index (χ1v) is 14.3. The van der Waals surface area contributed by atoms with Crippen molar-refractivity contribution < 1.29 is 28.9 Å². The summed E-state index contributed by atoms with van der Waals surface area (Å²) in [5.41, 5.74) is 5.90. The molecule has 0 bridgehead atoms. The fraction of sp³-hybridized carbons (Fsp3) is 0.394. The molecule has 8 heteroatoms. The number of methoxy groups -OCH3 is 1. The predicted molar refractivity (Wildman–Crippen MR) is 157 cm³/mol. The van der Waals surface area contributed by atoms with Gasteiger partial charge in [-0.25, -0.2) is 0 Å². The number of aryl methyl sites for hydroxylation is 3. The van der Waals surface area contributed by atoms with Crippen molar-refractivity contribution in [3.63, 3.8) is 0 Å². The number of fused-ring (bicyclic) bond motifs is 1. The highest BCUT2D eigenvalue weighted by Crippen LogP contribution is 2.47. The molecule has 2 heterocycles. The molecule has 2 aliphatic rings. The maximum Gasteiger partial charge on any atom is 0.309 e. The van der Waals surface area contributed by atoms with Gasteiger partial charge in [0.2, 0.25) is 5.91 Å². The Labute approximate surface area is 241 Å². The average molecular weight is 559 g/mol. The van der Waals surface area contributed by atoms with Crippen LogP contribution in [0.5, 0.6) is 17.2 Å². The van der Waals surface area contributed by atoms with Crippen LogP contribution >= 0.6 is 0 Å². The molecule has 41 heavy (non-hydrogen) atoms. The van der Waals surface area contributed by atoms with E-state index in [1.165, 1.54) is 5.56 Å². The van der Waals surface area contributed by atoms with E-state index in [2.05, 4.69) is 38.2 Å². The number of carboxylic acid groups (broad SMARTS) is 1. The smallest absolute Gasteiger partial charge is 0.309 e. The Kier molecular flexibility index (Phi) is 8.49. The third-order valence-electron chi connectivity index (χ3n) is 8.15. The zero-order valence-electron chi connectivity index (χ0n) is 24.1. The molecule has 5 rings (SSSR count). The SMILES string of the molecule is CCc1cc(C)cc(CC)c1NC(=O)CN1C[C@H](c2ccc3c(c2)OCCO3)[C@@H](C(=O)O)[C@@H]1c1ccc(OC)cc1. The van der Waals surface area contributed by atoms with Crippen LogP contribution in [0.15, 0.2) is 54.6 Å². The van der Waals surface area contributed by atoms with Crippen molar-refractivity contribution in [3.8, 4) is 17.2 Å². The molecule has 3 aromatic rings. The number of hydrogen-bond acceptors (Lipinski definition) is 6.